The maximum Gasteiger partial charge on any atom is 0.238 e. The summed E-state index contributed by atoms with van der Waals surface area (Å²) in [4.78, 5) is 10.5. The van der Waals surface area contributed by atoms with E-state index in [-0.39, 0.29) is 5.92 Å². The molecule has 1 amide bonds. The normalized spacial score (nSPS) is 39.9. The van der Waals surface area contributed by atoms with E-state index in [4.69, 9.17) is 11.5 Å². The van der Waals surface area contributed by atoms with Gasteiger partial charge in [0.2, 0.25) is 5.91 Å². The van der Waals surface area contributed by atoms with E-state index in [0.717, 1.165) is 0 Å². The Morgan fingerprint density at radius 3 is 2.56 bits per heavy atom. The second-order valence-corrected chi connectivity index (χ2v) is 2.45. The molecule has 1 unspecified atom stereocenters. The highest BCUT2D eigenvalue weighted by molar-refractivity contribution is 5.88. The monoisotopic (exact) mass is 126 g/mol. The molecular formula is C6H10N2O. The maximum absolute atomic E-state index is 10.5. The molecule has 0 aromatic heterocycles. The van der Waals surface area contributed by atoms with Gasteiger partial charge in [-0.2, -0.15) is 0 Å². The summed E-state index contributed by atoms with van der Waals surface area (Å²) in [5, 5.41) is 0. The number of hydrogen-bond donors (Lipinski definition) is 2. The first-order valence-corrected chi connectivity index (χ1v) is 2.82. The van der Waals surface area contributed by atoms with E-state index in [1.54, 1.807) is 6.08 Å². The topological polar surface area (TPSA) is 69.1 Å². The van der Waals surface area contributed by atoms with E-state index in [9.17, 15) is 4.79 Å². The van der Waals surface area contributed by atoms with Crippen molar-refractivity contribution in [2.45, 2.75) is 12.0 Å². The Balaban J connectivity index is 2.62. The number of carbonyl (C=O) groups is 1. The molecule has 0 saturated heterocycles. The van der Waals surface area contributed by atoms with Crippen LogP contribution in [0.3, 0.4) is 0 Å². The van der Waals surface area contributed by atoms with Gasteiger partial charge in [-0.15, -0.1) is 6.58 Å². The molecule has 0 heterocycles. The first-order valence-electron chi connectivity index (χ1n) is 2.82. The molecule has 2 atom stereocenters. The molecule has 0 radical (unpaired) electrons. The second kappa shape index (κ2) is 1.57. The Kier molecular flexibility index (Phi) is 1.10. The molecule has 0 aliphatic heterocycles. The summed E-state index contributed by atoms with van der Waals surface area (Å²) >= 11 is 0. The SMILES string of the molecule is C=C[C@@H]1CC1(N)C(N)=O. The van der Waals surface area contributed by atoms with Crippen LogP contribution in [-0.2, 0) is 4.79 Å². The molecular weight excluding hydrogens is 116 g/mol. The largest absolute Gasteiger partial charge is 0.368 e. The van der Waals surface area contributed by atoms with Crippen LogP contribution in [0.15, 0.2) is 12.7 Å². The van der Waals surface area contributed by atoms with Gasteiger partial charge in [0.05, 0.1) is 0 Å². The molecule has 1 fully saturated rings. The molecule has 0 bridgehead atoms. The lowest BCUT2D eigenvalue weighted by molar-refractivity contribution is -0.120. The van der Waals surface area contributed by atoms with Crippen molar-refractivity contribution in [3.05, 3.63) is 12.7 Å². The van der Waals surface area contributed by atoms with Crippen molar-refractivity contribution in [1.29, 1.82) is 0 Å². The van der Waals surface area contributed by atoms with Gasteiger partial charge in [0.15, 0.2) is 0 Å². The Morgan fingerprint density at radius 2 is 2.44 bits per heavy atom. The van der Waals surface area contributed by atoms with E-state index in [0.29, 0.717) is 6.42 Å². The van der Waals surface area contributed by atoms with Crippen molar-refractivity contribution in [3.8, 4) is 0 Å². The van der Waals surface area contributed by atoms with Crippen molar-refractivity contribution < 1.29 is 4.79 Å². The molecule has 1 rings (SSSR count). The summed E-state index contributed by atoms with van der Waals surface area (Å²) in [6.07, 6.45) is 2.33. The van der Waals surface area contributed by atoms with Crippen molar-refractivity contribution in [1.82, 2.24) is 0 Å². The second-order valence-electron chi connectivity index (χ2n) is 2.45. The Hall–Kier alpha value is -0.830. The van der Waals surface area contributed by atoms with Crippen molar-refractivity contribution in [2.24, 2.45) is 17.4 Å². The first kappa shape index (κ1) is 6.29. The zero-order chi connectivity index (χ0) is 7.07. The number of rotatable bonds is 2. The van der Waals surface area contributed by atoms with Gasteiger partial charge in [-0.3, -0.25) is 4.79 Å². The van der Waals surface area contributed by atoms with Gasteiger partial charge < -0.3 is 11.5 Å². The van der Waals surface area contributed by atoms with Crippen molar-refractivity contribution in [2.75, 3.05) is 0 Å². The minimum Gasteiger partial charge on any atom is -0.368 e. The van der Waals surface area contributed by atoms with Gasteiger partial charge in [-0.05, 0) is 6.42 Å². The lowest BCUT2D eigenvalue weighted by Gasteiger charge is -2.01. The molecule has 1 aliphatic carbocycles. The highest BCUT2D eigenvalue weighted by atomic mass is 16.1. The first-order chi connectivity index (χ1) is 4.11. The molecule has 1 saturated carbocycles. The van der Waals surface area contributed by atoms with Crippen LogP contribution in [0.1, 0.15) is 6.42 Å². The van der Waals surface area contributed by atoms with Gasteiger partial charge in [0.25, 0.3) is 0 Å². The van der Waals surface area contributed by atoms with E-state index < -0.39 is 11.4 Å². The third-order valence-electron chi connectivity index (χ3n) is 1.80. The molecule has 4 N–H and O–H groups in total. The third-order valence-corrected chi connectivity index (χ3v) is 1.80. The van der Waals surface area contributed by atoms with Crippen LogP contribution in [0, 0.1) is 5.92 Å². The summed E-state index contributed by atoms with van der Waals surface area (Å²) < 4.78 is 0. The molecule has 50 valence electrons. The van der Waals surface area contributed by atoms with Crippen LogP contribution in [-0.4, -0.2) is 11.4 Å². The van der Waals surface area contributed by atoms with Crippen LogP contribution in [0.4, 0.5) is 0 Å². The third kappa shape index (κ3) is 0.733. The summed E-state index contributed by atoms with van der Waals surface area (Å²) in [5.41, 5.74) is 9.72. The van der Waals surface area contributed by atoms with Gasteiger partial charge in [-0.25, -0.2) is 0 Å². The predicted octanol–water partition coefficient (Wildman–Crippen LogP) is -0.625. The van der Waals surface area contributed by atoms with Crippen LogP contribution in [0.25, 0.3) is 0 Å². The Labute approximate surface area is 53.7 Å². The number of primary amides is 1. The van der Waals surface area contributed by atoms with Crippen LogP contribution < -0.4 is 11.5 Å². The van der Waals surface area contributed by atoms with Crippen LogP contribution in [0.5, 0.6) is 0 Å². The van der Waals surface area contributed by atoms with Crippen LogP contribution in [0.2, 0.25) is 0 Å². The molecule has 1 aliphatic rings. The predicted molar refractivity (Wildman–Crippen MR) is 34.4 cm³/mol. The van der Waals surface area contributed by atoms with Gasteiger partial charge in [-0.1, -0.05) is 6.08 Å². The highest BCUT2D eigenvalue weighted by Gasteiger charge is 2.54. The fourth-order valence-corrected chi connectivity index (χ4v) is 0.882. The standard InChI is InChI=1S/C6H10N2O/c1-2-4-3-6(4,8)5(7)9/h2,4H,1,3,8H2,(H2,7,9)/t4-,6?/m1/s1. The van der Waals surface area contributed by atoms with E-state index in [1.807, 2.05) is 0 Å². The summed E-state index contributed by atoms with van der Waals surface area (Å²) in [5.74, 6) is -0.317. The molecule has 0 aromatic carbocycles. The molecule has 3 heteroatoms. The van der Waals surface area contributed by atoms with Crippen molar-refractivity contribution >= 4 is 5.91 Å². The van der Waals surface area contributed by atoms with E-state index >= 15 is 0 Å². The number of hydrogen-bond acceptors (Lipinski definition) is 2. The average Bonchev–Trinajstić information content (AvgIpc) is 2.44. The lowest BCUT2D eigenvalue weighted by atomic mass is 10.2. The van der Waals surface area contributed by atoms with Gasteiger partial charge in [0, 0.05) is 5.92 Å². The summed E-state index contributed by atoms with van der Waals surface area (Å²) in [6, 6.07) is 0. The molecule has 0 aromatic rings. The summed E-state index contributed by atoms with van der Waals surface area (Å²) in [6.45, 7) is 3.51. The number of nitrogens with two attached hydrogens (primary N) is 2. The smallest absolute Gasteiger partial charge is 0.238 e. The number of carbonyl (C=O) groups excluding carboxylic acids is 1. The fraction of sp³-hybridized carbons (Fsp3) is 0.500. The summed E-state index contributed by atoms with van der Waals surface area (Å²) in [7, 11) is 0. The Bertz CT molecular complexity index is 166. The highest BCUT2D eigenvalue weighted by Crippen LogP contribution is 2.41. The molecule has 3 nitrogen and oxygen atoms in total. The number of amides is 1. The lowest BCUT2D eigenvalue weighted by Crippen LogP contribution is -2.40. The minimum absolute atomic E-state index is 0.106. The van der Waals surface area contributed by atoms with Gasteiger partial charge >= 0.3 is 0 Å². The molecule has 9 heavy (non-hydrogen) atoms. The fourth-order valence-electron chi connectivity index (χ4n) is 0.882. The quantitative estimate of drug-likeness (QED) is 0.484. The minimum atomic E-state index is -0.762. The molecule has 0 spiro atoms. The van der Waals surface area contributed by atoms with E-state index in [1.165, 1.54) is 0 Å². The zero-order valence-corrected chi connectivity index (χ0v) is 5.13. The maximum atomic E-state index is 10.5. The van der Waals surface area contributed by atoms with Gasteiger partial charge in [0.1, 0.15) is 5.54 Å². The van der Waals surface area contributed by atoms with E-state index in [2.05, 4.69) is 6.58 Å². The van der Waals surface area contributed by atoms with Crippen molar-refractivity contribution in [3.63, 3.8) is 0 Å². The average molecular weight is 126 g/mol. The van der Waals surface area contributed by atoms with Crippen LogP contribution >= 0.6 is 0 Å². The Morgan fingerprint density at radius 1 is 1.89 bits per heavy atom. The zero-order valence-electron chi connectivity index (χ0n) is 5.13.